The van der Waals surface area contributed by atoms with E-state index in [1.165, 1.54) is 13.2 Å². The molecule has 2 aromatic carbocycles. The summed E-state index contributed by atoms with van der Waals surface area (Å²) in [6.45, 7) is 3.63. The number of rotatable bonds is 6. The second-order valence-electron chi connectivity index (χ2n) is 5.41. The molecular weight excluding hydrogens is 308 g/mol. The minimum Gasteiger partial charge on any atom is -0.493 e. The lowest BCUT2D eigenvalue weighted by Gasteiger charge is -2.13. The van der Waals surface area contributed by atoms with Crippen LogP contribution >= 0.6 is 0 Å². The van der Waals surface area contributed by atoms with Gasteiger partial charge in [-0.25, -0.2) is 0 Å². The number of para-hydroxylation sites is 1. The Hall–Kier alpha value is -3.02. The van der Waals surface area contributed by atoms with Gasteiger partial charge >= 0.3 is 0 Å². The minimum absolute atomic E-state index is 0.156. The van der Waals surface area contributed by atoms with E-state index in [0.29, 0.717) is 11.4 Å². The second-order valence-corrected chi connectivity index (χ2v) is 5.41. The van der Waals surface area contributed by atoms with Crippen molar-refractivity contribution < 1.29 is 19.1 Å². The molecule has 6 nitrogen and oxygen atoms in total. The number of anilines is 1. The van der Waals surface area contributed by atoms with Gasteiger partial charge in [0.25, 0.3) is 11.8 Å². The summed E-state index contributed by atoms with van der Waals surface area (Å²) in [6.07, 6.45) is 0. The predicted octanol–water partition coefficient (Wildman–Crippen LogP) is 2.43. The van der Waals surface area contributed by atoms with Gasteiger partial charge in [-0.05, 0) is 49.2 Å². The second kappa shape index (κ2) is 7.50. The van der Waals surface area contributed by atoms with Gasteiger partial charge in [-0.15, -0.1) is 0 Å². The maximum Gasteiger partial charge on any atom is 0.262 e. The number of amides is 2. The van der Waals surface area contributed by atoms with E-state index >= 15 is 0 Å². The molecule has 2 amide bonds. The van der Waals surface area contributed by atoms with E-state index in [1.54, 1.807) is 12.1 Å². The average molecular weight is 328 g/mol. The van der Waals surface area contributed by atoms with Crippen molar-refractivity contribution in [3.63, 3.8) is 0 Å². The quantitative estimate of drug-likeness (QED) is 0.852. The molecule has 6 heteroatoms. The molecule has 0 aliphatic heterocycles. The highest BCUT2D eigenvalue weighted by molar-refractivity contribution is 5.97. The summed E-state index contributed by atoms with van der Waals surface area (Å²) in [6, 6.07) is 10.5. The van der Waals surface area contributed by atoms with Crippen molar-refractivity contribution in [1.29, 1.82) is 0 Å². The van der Waals surface area contributed by atoms with Gasteiger partial charge in [-0.3, -0.25) is 9.59 Å². The fourth-order valence-electron chi connectivity index (χ4n) is 2.40. The zero-order chi connectivity index (χ0) is 17.7. The predicted molar refractivity (Wildman–Crippen MR) is 91.6 cm³/mol. The Bertz CT molecular complexity index is 751. The van der Waals surface area contributed by atoms with Crippen LogP contribution in [0.15, 0.2) is 36.4 Å². The number of carbonyl (C=O) groups is 2. The van der Waals surface area contributed by atoms with Crippen LogP contribution in [0, 0.1) is 13.8 Å². The molecule has 0 aromatic heterocycles. The molecule has 0 saturated heterocycles. The van der Waals surface area contributed by atoms with E-state index in [2.05, 4.69) is 5.32 Å². The highest BCUT2D eigenvalue weighted by Crippen LogP contribution is 2.30. The number of benzene rings is 2. The van der Waals surface area contributed by atoms with Gasteiger partial charge in [0.05, 0.1) is 12.7 Å². The molecule has 0 fully saturated rings. The molecule has 0 aliphatic carbocycles. The molecule has 126 valence electrons. The van der Waals surface area contributed by atoms with Crippen molar-refractivity contribution in [2.45, 2.75) is 13.8 Å². The first kappa shape index (κ1) is 17.3. The maximum atomic E-state index is 12.1. The number of primary amides is 1. The molecule has 0 atom stereocenters. The molecule has 24 heavy (non-hydrogen) atoms. The van der Waals surface area contributed by atoms with E-state index in [9.17, 15) is 9.59 Å². The van der Waals surface area contributed by atoms with Gasteiger partial charge in [0, 0.05) is 5.69 Å². The number of aryl methyl sites for hydroxylation is 2. The third kappa shape index (κ3) is 4.25. The fraction of sp³-hybridized carbons (Fsp3) is 0.222. The lowest BCUT2D eigenvalue weighted by Crippen LogP contribution is -2.22. The van der Waals surface area contributed by atoms with Crippen LogP contribution in [-0.2, 0) is 4.79 Å². The summed E-state index contributed by atoms with van der Waals surface area (Å²) in [4.78, 5) is 23.6. The Balaban J connectivity index is 2.10. The number of nitrogens with two attached hydrogens (primary N) is 1. The molecule has 0 bridgehead atoms. The molecule has 2 aromatic rings. The van der Waals surface area contributed by atoms with Crippen LogP contribution in [0.1, 0.15) is 21.5 Å². The lowest BCUT2D eigenvalue weighted by molar-refractivity contribution is -0.118. The van der Waals surface area contributed by atoms with Gasteiger partial charge in [0.15, 0.2) is 18.1 Å². The summed E-state index contributed by atoms with van der Waals surface area (Å²) in [5.74, 6) is -0.506. The number of nitrogens with one attached hydrogen (secondary N) is 1. The molecule has 0 heterocycles. The molecule has 0 unspecified atom stereocenters. The zero-order valence-corrected chi connectivity index (χ0v) is 13.9. The first-order valence-electron chi connectivity index (χ1n) is 7.38. The Kier molecular flexibility index (Phi) is 5.42. The Morgan fingerprint density at radius 3 is 2.38 bits per heavy atom. The van der Waals surface area contributed by atoms with Gasteiger partial charge in [0.1, 0.15) is 0 Å². The molecule has 3 N–H and O–H groups in total. The van der Waals surface area contributed by atoms with Crippen LogP contribution in [0.4, 0.5) is 5.69 Å². The molecule has 0 aliphatic rings. The summed E-state index contributed by atoms with van der Waals surface area (Å²) in [7, 11) is 1.45. The standard InChI is InChI=1S/C18H20N2O4/c1-11-7-12(2)9-13(8-11)20-16(21)10-24-17-14(18(19)22)5-4-6-15(17)23-3/h4-9H,10H2,1-3H3,(H2,19,22)(H,20,21). The first-order chi connectivity index (χ1) is 11.4. The Morgan fingerprint density at radius 1 is 1.12 bits per heavy atom. The number of hydrogen-bond acceptors (Lipinski definition) is 4. The highest BCUT2D eigenvalue weighted by Gasteiger charge is 2.16. The average Bonchev–Trinajstić information content (AvgIpc) is 2.51. The molecule has 0 saturated carbocycles. The van der Waals surface area contributed by atoms with E-state index in [1.807, 2.05) is 32.0 Å². The van der Waals surface area contributed by atoms with Crippen molar-refractivity contribution in [3.8, 4) is 11.5 Å². The first-order valence-corrected chi connectivity index (χ1v) is 7.38. The zero-order valence-electron chi connectivity index (χ0n) is 13.9. The van der Waals surface area contributed by atoms with Gasteiger partial charge in [-0.1, -0.05) is 12.1 Å². The smallest absolute Gasteiger partial charge is 0.262 e. The lowest BCUT2D eigenvalue weighted by atomic mass is 10.1. The van der Waals surface area contributed by atoms with E-state index in [0.717, 1.165) is 11.1 Å². The van der Waals surface area contributed by atoms with Crippen LogP contribution in [0.3, 0.4) is 0 Å². The van der Waals surface area contributed by atoms with E-state index in [-0.39, 0.29) is 23.8 Å². The SMILES string of the molecule is COc1cccc(C(N)=O)c1OCC(=O)Nc1cc(C)cc(C)c1. The summed E-state index contributed by atoms with van der Waals surface area (Å²) < 4.78 is 10.6. The largest absolute Gasteiger partial charge is 0.493 e. The van der Waals surface area contributed by atoms with Crippen molar-refractivity contribution in [2.75, 3.05) is 19.0 Å². The number of carbonyl (C=O) groups excluding carboxylic acids is 2. The Morgan fingerprint density at radius 2 is 1.79 bits per heavy atom. The summed E-state index contributed by atoms with van der Waals surface area (Å²) >= 11 is 0. The molecular formula is C18H20N2O4. The van der Waals surface area contributed by atoms with Crippen molar-refractivity contribution >= 4 is 17.5 Å². The topological polar surface area (TPSA) is 90.7 Å². The third-order valence-corrected chi connectivity index (χ3v) is 3.32. The van der Waals surface area contributed by atoms with Crippen molar-refractivity contribution in [2.24, 2.45) is 5.73 Å². The maximum absolute atomic E-state index is 12.1. The van der Waals surface area contributed by atoms with Crippen molar-refractivity contribution in [1.82, 2.24) is 0 Å². The van der Waals surface area contributed by atoms with Gasteiger partial charge in [0.2, 0.25) is 0 Å². The van der Waals surface area contributed by atoms with Crippen LogP contribution < -0.4 is 20.5 Å². The van der Waals surface area contributed by atoms with Crippen LogP contribution in [0.25, 0.3) is 0 Å². The molecule has 2 rings (SSSR count). The number of hydrogen-bond donors (Lipinski definition) is 2. The van der Waals surface area contributed by atoms with E-state index < -0.39 is 5.91 Å². The summed E-state index contributed by atoms with van der Waals surface area (Å²) in [5, 5.41) is 2.76. The fourth-order valence-corrected chi connectivity index (χ4v) is 2.40. The van der Waals surface area contributed by atoms with Crippen LogP contribution in [-0.4, -0.2) is 25.5 Å². The van der Waals surface area contributed by atoms with Crippen molar-refractivity contribution in [3.05, 3.63) is 53.1 Å². The molecule has 0 radical (unpaired) electrons. The molecule has 0 spiro atoms. The number of methoxy groups -OCH3 is 1. The van der Waals surface area contributed by atoms with Crippen LogP contribution in [0.2, 0.25) is 0 Å². The normalized spacial score (nSPS) is 10.1. The van der Waals surface area contributed by atoms with Gasteiger partial charge < -0.3 is 20.5 Å². The Labute approximate surface area is 140 Å². The van der Waals surface area contributed by atoms with E-state index in [4.69, 9.17) is 15.2 Å². The van der Waals surface area contributed by atoms with Crippen LogP contribution in [0.5, 0.6) is 11.5 Å². The minimum atomic E-state index is -0.654. The number of ether oxygens (including phenoxy) is 2. The summed E-state index contributed by atoms with van der Waals surface area (Å²) in [5.41, 5.74) is 8.27. The van der Waals surface area contributed by atoms with Gasteiger partial charge in [-0.2, -0.15) is 0 Å². The monoisotopic (exact) mass is 328 g/mol. The third-order valence-electron chi connectivity index (χ3n) is 3.32. The highest BCUT2D eigenvalue weighted by atomic mass is 16.5.